The van der Waals surface area contributed by atoms with Crippen LogP contribution in [0.15, 0.2) is 42.6 Å². The van der Waals surface area contributed by atoms with E-state index in [-0.39, 0.29) is 5.91 Å². The average Bonchev–Trinajstić information content (AvgIpc) is 2.62. The van der Waals surface area contributed by atoms with Crippen LogP contribution in [-0.4, -0.2) is 54.4 Å². The van der Waals surface area contributed by atoms with Crippen molar-refractivity contribution in [1.82, 2.24) is 9.88 Å². The average molecular weight is 353 g/mol. The van der Waals surface area contributed by atoms with E-state index in [0.717, 1.165) is 31.9 Å². The third kappa shape index (κ3) is 4.58. The van der Waals surface area contributed by atoms with Crippen LogP contribution in [0.1, 0.15) is 16.1 Å². The first kappa shape index (κ1) is 17.9. The fourth-order valence-electron chi connectivity index (χ4n) is 3.01. The number of nitrogens with two attached hydrogens (primary N) is 1. The Kier molecular flexibility index (Phi) is 5.48. The van der Waals surface area contributed by atoms with Crippen LogP contribution in [0.4, 0.5) is 11.4 Å². The molecule has 0 saturated carbocycles. The molecule has 2 amide bonds. The van der Waals surface area contributed by atoms with Crippen LogP contribution >= 0.6 is 0 Å². The van der Waals surface area contributed by atoms with Crippen molar-refractivity contribution in [2.75, 3.05) is 42.9 Å². The van der Waals surface area contributed by atoms with Crippen molar-refractivity contribution in [2.45, 2.75) is 6.92 Å². The minimum absolute atomic E-state index is 0.0648. The van der Waals surface area contributed by atoms with Crippen molar-refractivity contribution in [3.05, 3.63) is 53.9 Å². The number of hydrogen-bond donors (Lipinski definition) is 2. The van der Waals surface area contributed by atoms with Gasteiger partial charge in [0.25, 0.3) is 0 Å². The summed E-state index contributed by atoms with van der Waals surface area (Å²) in [5.74, 6) is -0.546. The lowest BCUT2D eigenvalue weighted by Crippen LogP contribution is -2.48. The molecule has 7 nitrogen and oxygen atoms in total. The number of carbonyl (C=O) groups is 2. The zero-order valence-electron chi connectivity index (χ0n) is 14.8. The Labute approximate surface area is 152 Å². The maximum absolute atomic E-state index is 12.2. The van der Waals surface area contributed by atoms with Crippen LogP contribution in [-0.2, 0) is 4.79 Å². The van der Waals surface area contributed by atoms with Gasteiger partial charge in [-0.2, -0.15) is 0 Å². The van der Waals surface area contributed by atoms with E-state index in [2.05, 4.69) is 26.2 Å². The van der Waals surface area contributed by atoms with Crippen LogP contribution < -0.4 is 16.0 Å². The van der Waals surface area contributed by atoms with E-state index >= 15 is 0 Å². The highest BCUT2D eigenvalue weighted by Gasteiger charge is 2.19. The second-order valence-electron chi connectivity index (χ2n) is 6.41. The summed E-state index contributed by atoms with van der Waals surface area (Å²) in [4.78, 5) is 32.0. The number of primary amides is 1. The Bertz CT molecular complexity index is 783. The number of nitrogens with zero attached hydrogens (tertiary/aromatic N) is 3. The first-order valence-electron chi connectivity index (χ1n) is 8.61. The molecule has 2 heterocycles. The molecule has 7 heteroatoms. The topological polar surface area (TPSA) is 91.6 Å². The number of piperazine rings is 1. The van der Waals surface area contributed by atoms with Gasteiger partial charge in [0, 0.05) is 55.0 Å². The van der Waals surface area contributed by atoms with Gasteiger partial charge < -0.3 is 16.0 Å². The zero-order chi connectivity index (χ0) is 18.5. The number of carbonyl (C=O) groups excluding carboxylic acids is 2. The van der Waals surface area contributed by atoms with Crippen molar-refractivity contribution in [2.24, 2.45) is 5.73 Å². The van der Waals surface area contributed by atoms with Gasteiger partial charge in [-0.15, -0.1) is 0 Å². The maximum atomic E-state index is 12.2. The van der Waals surface area contributed by atoms with E-state index in [1.165, 1.54) is 5.69 Å². The lowest BCUT2D eigenvalue weighted by Gasteiger charge is -2.35. The fourth-order valence-corrected chi connectivity index (χ4v) is 3.01. The third-order valence-electron chi connectivity index (χ3n) is 4.44. The minimum atomic E-state index is -0.481. The van der Waals surface area contributed by atoms with E-state index in [0.29, 0.717) is 17.8 Å². The molecule has 0 radical (unpaired) electrons. The predicted octanol–water partition coefficient (Wildman–Crippen LogP) is 1.25. The Morgan fingerprint density at radius 3 is 2.42 bits per heavy atom. The van der Waals surface area contributed by atoms with E-state index < -0.39 is 5.91 Å². The van der Waals surface area contributed by atoms with Crippen LogP contribution in [0, 0.1) is 6.92 Å². The number of hydrogen-bond acceptors (Lipinski definition) is 5. The molecule has 3 N–H and O–H groups in total. The van der Waals surface area contributed by atoms with Gasteiger partial charge >= 0.3 is 0 Å². The predicted molar refractivity (Wildman–Crippen MR) is 101 cm³/mol. The number of anilines is 2. The molecule has 26 heavy (non-hydrogen) atoms. The molecule has 0 atom stereocenters. The summed E-state index contributed by atoms with van der Waals surface area (Å²) in [6, 6.07) is 10.7. The molecular formula is C19H23N5O2. The molecule has 2 aromatic rings. The highest BCUT2D eigenvalue weighted by Crippen LogP contribution is 2.16. The maximum Gasteiger partial charge on any atom is 0.248 e. The van der Waals surface area contributed by atoms with Crippen LogP contribution in [0.25, 0.3) is 0 Å². The lowest BCUT2D eigenvalue weighted by molar-refractivity contribution is -0.117. The molecule has 1 aliphatic heterocycles. The van der Waals surface area contributed by atoms with Gasteiger partial charge in [-0.1, -0.05) is 0 Å². The van der Waals surface area contributed by atoms with Crippen molar-refractivity contribution < 1.29 is 9.59 Å². The summed E-state index contributed by atoms with van der Waals surface area (Å²) in [7, 11) is 0. The quantitative estimate of drug-likeness (QED) is 0.844. The number of pyridine rings is 1. The van der Waals surface area contributed by atoms with E-state index in [4.69, 9.17) is 5.73 Å². The van der Waals surface area contributed by atoms with Gasteiger partial charge in [-0.3, -0.25) is 19.5 Å². The van der Waals surface area contributed by atoms with Crippen LogP contribution in [0.3, 0.4) is 0 Å². The van der Waals surface area contributed by atoms with Gasteiger partial charge in [0.1, 0.15) is 0 Å². The van der Waals surface area contributed by atoms with Gasteiger partial charge in [0.2, 0.25) is 11.8 Å². The molecule has 1 aliphatic rings. The van der Waals surface area contributed by atoms with E-state index in [1.807, 2.05) is 19.2 Å². The summed E-state index contributed by atoms with van der Waals surface area (Å²) >= 11 is 0. The molecule has 3 rings (SSSR count). The number of amides is 2. The van der Waals surface area contributed by atoms with Crippen LogP contribution in [0.2, 0.25) is 0 Å². The molecule has 0 aliphatic carbocycles. The molecule has 1 aromatic heterocycles. The summed E-state index contributed by atoms with van der Waals surface area (Å²) in [6.45, 7) is 5.75. The number of aromatic nitrogens is 1. The fraction of sp³-hybridized carbons (Fsp3) is 0.316. The smallest absolute Gasteiger partial charge is 0.248 e. The number of rotatable bonds is 5. The standard InChI is InChI=1S/C19H23N5O2/c1-14-12-17(6-7-21-14)24-10-8-23(9-11-24)13-18(25)22-16-4-2-15(3-5-16)19(20)26/h2-7,12H,8-11,13H2,1H3,(H2,20,26)(H,22,25). The SMILES string of the molecule is Cc1cc(N2CCN(CC(=O)Nc3ccc(C(N)=O)cc3)CC2)ccn1. The summed E-state index contributed by atoms with van der Waals surface area (Å²) < 4.78 is 0. The highest BCUT2D eigenvalue weighted by molar-refractivity contribution is 5.95. The molecule has 1 saturated heterocycles. The molecule has 136 valence electrons. The minimum Gasteiger partial charge on any atom is -0.369 e. The summed E-state index contributed by atoms with van der Waals surface area (Å²) in [5, 5.41) is 2.85. The second-order valence-corrected chi connectivity index (χ2v) is 6.41. The highest BCUT2D eigenvalue weighted by atomic mass is 16.2. The van der Waals surface area contributed by atoms with Gasteiger partial charge in [0.15, 0.2) is 0 Å². The largest absolute Gasteiger partial charge is 0.369 e. The third-order valence-corrected chi connectivity index (χ3v) is 4.44. The number of nitrogens with one attached hydrogen (secondary N) is 1. The Hall–Kier alpha value is -2.93. The molecule has 0 bridgehead atoms. The van der Waals surface area contributed by atoms with E-state index in [1.54, 1.807) is 24.3 Å². The second kappa shape index (κ2) is 7.97. The lowest BCUT2D eigenvalue weighted by atomic mass is 10.2. The monoisotopic (exact) mass is 353 g/mol. The number of aryl methyl sites for hydroxylation is 1. The summed E-state index contributed by atoms with van der Waals surface area (Å²) in [6.07, 6.45) is 1.83. The molecule has 0 spiro atoms. The first-order chi connectivity index (χ1) is 12.5. The Morgan fingerprint density at radius 2 is 1.81 bits per heavy atom. The summed E-state index contributed by atoms with van der Waals surface area (Å²) in [5.41, 5.74) is 8.47. The normalized spacial score (nSPS) is 14.9. The van der Waals surface area contributed by atoms with Gasteiger partial charge in [-0.05, 0) is 43.3 Å². The van der Waals surface area contributed by atoms with Crippen molar-refractivity contribution >= 4 is 23.2 Å². The molecular weight excluding hydrogens is 330 g/mol. The van der Waals surface area contributed by atoms with Crippen molar-refractivity contribution in [1.29, 1.82) is 0 Å². The Morgan fingerprint density at radius 1 is 1.12 bits per heavy atom. The van der Waals surface area contributed by atoms with Crippen molar-refractivity contribution in [3.8, 4) is 0 Å². The first-order valence-corrected chi connectivity index (χ1v) is 8.61. The van der Waals surface area contributed by atoms with Gasteiger partial charge in [0.05, 0.1) is 6.54 Å². The van der Waals surface area contributed by atoms with Crippen LogP contribution in [0.5, 0.6) is 0 Å². The molecule has 1 aromatic carbocycles. The Balaban J connectivity index is 1.48. The van der Waals surface area contributed by atoms with Crippen molar-refractivity contribution in [3.63, 3.8) is 0 Å². The van der Waals surface area contributed by atoms with E-state index in [9.17, 15) is 9.59 Å². The zero-order valence-corrected chi connectivity index (χ0v) is 14.8. The molecule has 1 fully saturated rings. The number of benzene rings is 1. The van der Waals surface area contributed by atoms with Gasteiger partial charge in [-0.25, -0.2) is 0 Å². The molecule has 0 unspecified atom stereocenters.